The zero-order valence-electron chi connectivity index (χ0n) is 10.2. The molecule has 4 nitrogen and oxygen atoms in total. The van der Waals surface area contributed by atoms with Crippen LogP contribution < -0.4 is 11.1 Å². The quantitative estimate of drug-likeness (QED) is 0.640. The van der Waals surface area contributed by atoms with Crippen LogP contribution in [0.4, 0.5) is 0 Å². The first-order valence-electron chi connectivity index (χ1n) is 6.36. The Kier molecular flexibility index (Phi) is 6.42. The van der Waals surface area contributed by atoms with Gasteiger partial charge in [0.1, 0.15) is 0 Å². The van der Waals surface area contributed by atoms with Gasteiger partial charge in [-0.25, -0.2) is 0 Å². The van der Waals surface area contributed by atoms with Gasteiger partial charge < -0.3 is 15.8 Å². The molecule has 16 heavy (non-hydrogen) atoms. The summed E-state index contributed by atoms with van der Waals surface area (Å²) in [4.78, 5) is 11.5. The first-order valence-corrected chi connectivity index (χ1v) is 6.36. The van der Waals surface area contributed by atoms with E-state index in [4.69, 9.17) is 10.5 Å². The monoisotopic (exact) mass is 228 g/mol. The van der Waals surface area contributed by atoms with E-state index < -0.39 is 0 Å². The first-order chi connectivity index (χ1) is 7.77. The highest BCUT2D eigenvalue weighted by molar-refractivity contribution is 5.75. The Balaban J connectivity index is 2.11. The van der Waals surface area contributed by atoms with Gasteiger partial charge in [-0.2, -0.15) is 0 Å². The fourth-order valence-corrected chi connectivity index (χ4v) is 2.14. The van der Waals surface area contributed by atoms with Crippen molar-refractivity contribution in [2.75, 3.05) is 19.7 Å². The lowest BCUT2D eigenvalue weighted by atomic mass is 9.99. The predicted octanol–water partition coefficient (Wildman–Crippen LogP) is 1.05. The molecule has 3 N–H and O–H groups in total. The van der Waals surface area contributed by atoms with E-state index in [2.05, 4.69) is 12.2 Å². The van der Waals surface area contributed by atoms with Crippen molar-refractivity contribution < 1.29 is 9.53 Å². The van der Waals surface area contributed by atoms with Crippen molar-refractivity contribution in [3.8, 4) is 0 Å². The smallest absolute Gasteiger partial charge is 0.220 e. The maximum Gasteiger partial charge on any atom is 0.220 e. The molecule has 4 heteroatoms. The second-order valence-electron chi connectivity index (χ2n) is 4.42. The van der Waals surface area contributed by atoms with Crippen LogP contribution in [0.1, 0.15) is 39.0 Å². The van der Waals surface area contributed by atoms with Crippen molar-refractivity contribution in [3.63, 3.8) is 0 Å². The number of ether oxygens (including phenoxy) is 1. The Labute approximate surface area is 97.9 Å². The molecule has 0 radical (unpaired) electrons. The number of carbonyl (C=O) groups is 1. The molecule has 2 atom stereocenters. The molecule has 1 aliphatic rings. The Hall–Kier alpha value is -0.610. The molecule has 1 aliphatic heterocycles. The molecule has 1 saturated heterocycles. The highest BCUT2D eigenvalue weighted by Crippen LogP contribution is 2.22. The molecule has 0 aromatic carbocycles. The number of rotatable bonds is 7. The number of nitrogens with one attached hydrogen (secondary N) is 1. The minimum atomic E-state index is 0.148. The highest BCUT2D eigenvalue weighted by Gasteiger charge is 2.26. The van der Waals surface area contributed by atoms with Gasteiger partial charge in [0.05, 0.1) is 6.10 Å². The van der Waals surface area contributed by atoms with E-state index >= 15 is 0 Å². The Bertz CT molecular complexity index is 209. The van der Waals surface area contributed by atoms with Crippen LogP contribution in [0.25, 0.3) is 0 Å². The molecular weight excluding hydrogens is 204 g/mol. The van der Waals surface area contributed by atoms with E-state index in [0.29, 0.717) is 25.0 Å². The van der Waals surface area contributed by atoms with Gasteiger partial charge in [-0.15, -0.1) is 0 Å². The van der Waals surface area contributed by atoms with Crippen molar-refractivity contribution >= 4 is 5.91 Å². The van der Waals surface area contributed by atoms with Crippen LogP contribution in [0.2, 0.25) is 0 Å². The molecule has 0 aromatic rings. The summed E-state index contributed by atoms with van der Waals surface area (Å²) in [5.41, 5.74) is 5.38. The average Bonchev–Trinajstić information content (AvgIpc) is 2.74. The SMILES string of the molecule is CCC1OCCC1CNC(=O)CCCCN. The third-order valence-electron chi connectivity index (χ3n) is 3.17. The van der Waals surface area contributed by atoms with Crippen molar-refractivity contribution in [1.82, 2.24) is 5.32 Å². The molecule has 0 saturated carbocycles. The molecule has 2 unspecified atom stereocenters. The van der Waals surface area contributed by atoms with Gasteiger partial charge in [0, 0.05) is 25.5 Å². The molecule has 0 aromatic heterocycles. The fourth-order valence-electron chi connectivity index (χ4n) is 2.14. The molecular formula is C12H24N2O2. The summed E-state index contributed by atoms with van der Waals surface area (Å²) in [5.74, 6) is 0.652. The Morgan fingerprint density at radius 2 is 2.31 bits per heavy atom. The lowest BCUT2D eigenvalue weighted by molar-refractivity contribution is -0.121. The summed E-state index contributed by atoms with van der Waals surface area (Å²) in [6.45, 7) is 4.40. The van der Waals surface area contributed by atoms with E-state index in [-0.39, 0.29) is 5.91 Å². The van der Waals surface area contributed by atoms with Gasteiger partial charge in [-0.1, -0.05) is 6.92 Å². The summed E-state index contributed by atoms with van der Waals surface area (Å²) in [6.07, 6.45) is 4.86. The molecule has 1 amide bonds. The van der Waals surface area contributed by atoms with Crippen molar-refractivity contribution in [2.24, 2.45) is 11.7 Å². The number of amides is 1. The maximum absolute atomic E-state index is 11.5. The zero-order chi connectivity index (χ0) is 11.8. The number of nitrogens with two attached hydrogens (primary N) is 1. The minimum absolute atomic E-state index is 0.148. The lowest BCUT2D eigenvalue weighted by Gasteiger charge is -2.17. The summed E-state index contributed by atoms with van der Waals surface area (Å²) in [7, 11) is 0. The van der Waals surface area contributed by atoms with E-state index in [1.807, 2.05) is 0 Å². The van der Waals surface area contributed by atoms with E-state index in [1.54, 1.807) is 0 Å². The molecule has 1 fully saturated rings. The fraction of sp³-hybridized carbons (Fsp3) is 0.917. The molecule has 0 spiro atoms. The first kappa shape index (κ1) is 13.5. The summed E-state index contributed by atoms with van der Waals surface area (Å²) < 4.78 is 5.58. The van der Waals surface area contributed by atoms with Crippen molar-refractivity contribution in [1.29, 1.82) is 0 Å². The van der Waals surface area contributed by atoms with Gasteiger partial charge in [0.2, 0.25) is 5.91 Å². The average molecular weight is 228 g/mol. The van der Waals surface area contributed by atoms with Crippen LogP contribution in [0.15, 0.2) is 0 Å². The lowest BCUT2D eigenvalue weighted by Crippen LogP contribution is -2.32. The zero-order valence-corrected chi connectivity index (χ0v) is 10.2. The number of hydrogen-bond donors (Lipinski definition) is 2. The normalized spacial score (nSPS) is 24.6. The number of unbranched alkanes of at least 4 members (excludes halogenated alkanes) is 1. The minimum Gasteiger partial charge on any atom is -0.378 e. The van der Waals surface area contributed by atoms with Crippen LogP contribution in [0, 0.1) is 5.92 Å². The van der Waals surface area contributed by atoms with Gasteiger partial charge in [0.15, 0.2) is 0 Å². The number of carbonyl (C=O) groups excluding carboxylic acids is 1. The Morgan fingerprint density at radius 3 is 3.00 bits per heavy atom. The highest BCUT2D eigenvalue weighted by atomic mass is 16.5. The van der Waals surface area contributed by atoms with Crippen LogP contribution in [0.3, 0.4) is 0 Å². The Morgan fingerprint density at radius 1 is 1.50 bits per heavy atom. The van der Waals surface area contributed by atoms with Crippen LogP contribution >= 0.6 is 0 Å². The molecule has 0 aliphatic carbocycles. The third-order valence-corrected chi connectivity index (χ3v) is 3.17. The second-order valence-corrected chi connectivity index (χ2v) is 4.42. The number of hydrogen-bond acceptors (Lipinski definition) is 3. The van der Waals surface area contributed by atoms with E-state index in [1.165, 1.54) is 0 Å². The molecule has 94 valence electrons. The van der Waals surface area contributed by atoms with Gasteiger partial charge >= 0.3 is 0 Å². The van der Waals surface area contributed by atoms with Gasteiger partial charge in [-0.05, 0) is 32.2 Å². The molecule has 1 rings (SSSR count). The van der Waals surface area contributed by atoms with Crippen LogP contribution in [-0.2, 0) is 9.53 Å². The third kappa shape index (κ3) is 4.49. The van der Waals surface area contributed by atoms with Crippen molar-refractivity contribution in [3.05, 3.63) is 0 Å². The summed E-state index contributed by atoms with van der Waals surface area (Å²) in [5, 5.41) is 2.99. The summed E-state index contributed by atoms with van der Waals surface area (Å²) in [6, 6.07) is 0. The standard InChI is InChI=1S/C12H24N2O2/c1-2-11-10(6-8-16-11)9-14-12(15)5-3-4-7-13/h10-11H,2-9,13H2,1H3,(H,14,15). The van der Waals surface area contributed by atoms with Gasteiger partial charge in [0.25, 0.3) is 0 Å². The van der Waals surface area contributed by atoms with Crippen LogP contribution in [0.5, 0.6) is 0 Å². The molecule has 0 bridgehead atoms. The second kappa shape index (κ2) is 7.63. The van der Waals surface area contributed by atoms with Gasteiger partial charge in [-0.3, -0.25) is 4.79 Å². The van der Waals surface area contributed by atoms with E-state index in [9.17, 15) is 4.79 Å². The summed E-state index contributed by atoms with van der Waals surface area (Å²) >= 11 is 0. The predicted molar refractivity (Wildman–Crippen MR) is 64.1 cm³/mol. The van der Waals surface area contributed by atoms with Crippen LogP contribution in [-0.4, -0.2) is 31.7 Å². The van der Waals surface area contributed by atoms with Crippen molar-refractivity contribution in [2.45, 2.75) is 45.1 Å². The largest absolute Gasteiger partial charge is 0.378 e. The molecule has 1 heterocycles. The van der Waals surface area contributed by atoms with E-state index in [0.717, 1.165) is 38.8 Å². The topological polar surface area (TPSA) is 64.3 Å². The maximum atomic E-state index is 11.5.